The average molecular weight is 315 g/mol. The zero-order valence-corrected chi connectivity index (χ0v) is 13.9. The van der Waals surface area contributed by atoms with Gasteiger partial charge in [-0.25, -0.2) is 0 Å². The molecule has 0 saturated carbocycles. The second-order valence-electron chi connectivity index (χ2n) is 6.14. The molecule has 0 bridgehead atoms. The van der Waals surface area contributed by atoms with E-state index in [1.807, 2.05) is 18.5 Å². The number of ether oxygens (including phenoxy) is 1. The molecule has 2 aliphatic rings. The van der Waals surface area contributed by atoms with E-state index in [1.54, 1.807) is 7.11 Å². The summed E-state index contributed by atoms with van der Waals surface area (Å²) in [6, 6.07) is 8.56. The number of aliphatic hydroxyl groups excluding tert-OH is 1. The number of hydrogen-bond donors (Lipinski definition) is 1. The zero-order chi connectivity index (χ0) is 16.2. The maximum absolute atomic E-state index is 9.76. The minimum absolute atomic E-state index is 0.124. The van der Waals surface area contributed by atoms with Crippen molar-refractivity contribution in [3.05, 3.63) is 41.6 Å². The third-order valence-electron chi connectivity index (χ3n) is 4.61. The standard InChI is InChI=1S/C18H25N3O2/c1-3-15-8-16-10-20(17(12-22)11-21(16)13-19-15)9-14-4-6-18(23-2)7-5-14/h4-8,13,15,17,22H,3,9-12H2,1-2H3. The Hall–Kier alpha value is -1.85. The van der Waals surface area contributed by atoms with Crippen molar-refractivity contribution in [3.63, 3.8) is 0 Å². The summed E-state index contributed by atoms with van der Waals surface area (Å²) in [6.45, 7) is 4.78. The van der Waals surface area contributed by atoms with Gasteiger partial charge < -0.3 is 14.7 Å². The van der Waals surface area contributed by atoms with Crippen molar-refractivity contribution in [3.8, 4) is 5.75 Å². The summed E-state index contributed by atoms with van der Waals surface area (Å²) >= 11 is 0. The van der Waals surface area contributed by atoms with E-state index < -0.39 is 0 Å². The number of fused-ring (bicyclic) bond motifs is 1. The topological polar surface area (TPSA) is 48.3 Å². The van der Waals surface area contributed by atoms with E-state index in [9.17, 15) is 5.11 Å². The quantitative estimate of drug-likeness (QED) is 0.901. The van der Waals surface area contributed by atoms with E-state index >= 15 is 0 Å². The molecule has 2 aliphatic heterocycles. The summed E-state index contributed by atoms with van der Waals surface area (Å²) in [7, 11) is 1.68. The van der Waals surface area contributed by atoms with E-state index in [1.165, 1.54) is 11.3 Å². The van der Waals surface area contributed by atoms with Gasteiger partial charge in [-0.15, -0.1) is 0 Å². The largest absolute Gasteiger partial charge is 0.497 e. The molecule has 2 heterocycles. The highest BCUT2D eigenvalue weighted by Gasteiger charge is 2.30. The van der Waals surface area contributed by atoms with Gasteiger partial charge in [0.05, 0.1) is 32.1 Å². The fourth-order valence-corrected chi connectivity index (χ4v) is 3.14. The maximum atomic E-state index is 9.76. The summed E-state index contributed by atoms with van der Waals surface area (Å²) in [5.41, 5.74) is 2.53. The number of aliphatic imine (C=N–C) groups is 1. The maximum Gasteiger partial charge on any atom is 0.118 e. The summed E-state index contributed by atoms with van der Waals surface area (Å²) in [5.74, 6) is 0.870. The molecule has 0 aromatic heterocycles. The lowest BCUT2D eigenvalue weighted by molar-refractivity contribution is 0.0818. The van der Waals surface area contributed by atoms with Crippen LogP contribution in [0.5, 0.6) is 5.75 Å². The van der Waals surface area contributed by atoms with Crippen molar-refractivity contribution in [1.82, 2.24) is 9.80 Å². The molecular formula is C18H25N3O2. The molecule has 5 nitrogen and oxygen atoms in total. The lowest BCUT2D eigenvalue weighted by Gasteiger charge is -2.43. The first-order valence-electron chi connectivity index (χ1n) is 8.22. The number of hydrogen-bond acceptors (Lipinski definition) is 5. The van der Waals surface area contributed by atoms with Gasteiger partial charge >= 0.3 is 0 Å². The van der Waals surface area contributed by atoms with Crippen LogP contribution in [0.4, 0.5) is 0 Å². The van der Waals surface area contributed by atoms with E-state index in [-0.39, 0.29) is 18.7 Å². The summed E-state index contributed by atoms with van der Waals surface area (Å²) < 4.78 is 5.21. The number of piperazine rings is 1. The second-order valence-corrected chi connectivity index (χ2v) is 6.14. The highest BCUT2D eigenvalue weighted by atomic mass is 16.5. The number of aliphatic hydroxyl groups is 1. The fourth-order valence-electron chi connectivity index (χ4n) is 3.14. The van der Waals surface area contributed by atoms with Gasteiger partial charge in [-0.2, -0.15) is 0 Å². The van der Waals surface area contributed by atoms with Crippen molar-refractivity contribution in [2.75, 3.05) is 26.8 Å². The van der Waals surface area contributed by atoms with Crippen molar-refractivity contribution in [1.29, 1.82) is 0 Å². The molecular weight excluding hydrogens is 290 g/mol. The van der Waals surface area contributed by atoms with Gasteiger partial charge in [0.15, 0.2) is 0 Å². The van der Waals surface area contributed by atoms with Crippen LogP contribution >= 0.6 is 0 Å². The number of methoxy groups -OCH3 is 1. The number of rotatable bonds is 5. The van der Waals surface area contributed by atoms with Crippen LogP contribution in [-0.2, 0) is 6.54 Å². The van der Waals surface area contributed by atoms with Crippen LogP contribution in [-0.4, -0.2) is 60.1 Å². The smallest absolute Gasteiger partial charge is 0.118 e. The molecule has 124 valence electrons. The molecule has 0 spiro atoms. The summed E-state index contributed by atoms with van der Waals surface area (Å²) in [4.78, 5) is 9.06. The Kier molecular flexibility index (Phi) is 4.98. The first kappa shape index (κ1) is 16.0. The number of benzene rings is 1. The summed E-state index contributed by atoms with van der Waals surface area (Å²) in [6.07, 6.45) is 5.22. The Morgan fingerprint density at radius 3 is 2.74 bits per heavy atom. The predicted molar refractivity (Wildman–Crippen MR) is 91.6 cm³/mol. The van der Waals surface area contributed by atoms with Crippen LogP contribution in [0, 0.1) is 0 Å². The Bertz CT molecular complexity index is 582. The van der Waals surface area contributed by atoms with Crippen LogP contribution in [0.1, 0.15) is 18.9 Å². The third-order valence-corrected chi connectivity index (χ3v) is 4.61. The molecule has 1 fully saturated rings. The van der Waals surface area contributed by atoms with Crippen molar-refractivity contribution in [2.24, 2.45) is 4.99 Å². The molecule has 2 atom stereocenters. The Morgan fingerprint density at radius 1 is 1.30 bits per heavy atom. The molecule has 0 amide bonds. The SMILES string of the molecule is CCC1C=C2CN(Cc3ccc(OC)cc3)C(CO)CN2C=N1. The lowest BCUT2D eigenvalue weighted by atomic mass is 10.1. The van der Waals surface area contributed by atoms with Crippen LogP contribution in [0.15, 0.2) is 41.0 Å². The van der Waals surface area contributed by atoms with Gasteiger partial charge in [-0.05, 0) is 30.2 Å². The van der Waals surface area contributed by atoms with Gasteiger partial charge in [0.25, 0.3) is 0 Å². The molecule has 0 aliphatic carbocycles. The molecule has 0 radical (unpaired) electrons. The first-order chi connectivity index (χ1) is 11.2. The molecule has 23 heavy (non-hydrogen) atoms. The Morgan fingerprint density at radius 2 is 2.09 bits per heavy atom. The van der Waals surface area contributed by atoms with E-state index in [2.05, 4.69) is 39.9 Å². The Balaban J connectivity index is 1.73. The van der Waals surface area contributed by atoms with Crippen LogP contribution < -0.4 is 4.74 Å². The molecule has 1 aromatic rings. The average Bonchev–Trinajstić information content (AvgIpc) is 2.61. The second kappa shape index (κ2) is 7.15. The van der Waals surface area contributed by atoms with E-state index in [0.29, 0.717) is 0 Å². The highest BCUT2D eigenvalue weighted by molar-refractivity contribution is 5.61. The van der Waals surface area contributed by atoms with Gasteiger partial charge in [-0.3, -0.25) is 9.89 Å². The minimum atomic E-state index is 0.124. The third kappa shape index (κ3) is 3.57. The normalized spacial score (nSPS) is 24.3. The zero-order valence-electron chi connectivity index (χ0n) is 13.9. The van der Waals surface area contributed by atoms with Gasteiger partial charge in [-0.1, -0.05) is 19.1 Å². The van der Waals surface area contributed by atoms with E-state index in [4.69, 9.17) is 4.74 Å². The van der Waals surface area contributed by atoms with Crippen molar-refractivity contribution < 1.29 is 9.84 Å². The predicted octanol–water partition coefficient (Wildman–Crippen LogP) is 1.88. The molecule has 3 rings (SSSR count). The monoisotopic (exact) mass is 315 g/mol. The fraction of sp³-hybridized carbons (Fsp3) is 0.500. The number of nitrogens with zero attached hydrogens (tertiary/aromatic N) is 3. The molecule has 2 unspecified atom stereocenters. The van der Waals surface area contributed by atoms with Crippen molar-refractivity contribution >= 4 is 6.34 Å². The van der Waals surface area contributed by atoms with Gasteiger partial charge in [0, 0.05) is 25.3 Å². The minimum Gasteiger partial charge on any atom is -0.497 e. The van der Waals surface area contributed by atoms with E-state index in [0.717, 1.165) is 31.8 Å². The molecule has 1 aromatic carbocycles. The molecule has 5 heteroatoms. The van der Waals surface area contributed by atoms with Crippen LogP contribution in [0.25, 0.3) is 0 Å². The van der Waals surface area contributed by atoms with Crippen LogP contribution in [0.2, 0.25) is 0 Å². The Labute approximate surface area is 137 Å². The lowest BCUT2D eigenvalue weighted by Crippen LogP contribution is -2.53. The summed E-state index contributed by atoms with van der Waals surface area (Å²) in [5, 5.41) is 9.76. The highest BCUT2D eigenvalue weighted by Crippen LogP contribution is 2.24. The van der Waals surface area contributed by atoms with Crippen LogP contribution in [0.3, 0.4) is 0 Å². The van der Waals surface area contributed by atoms with Crippen molar-refractivity contribution in [2.45, 2.75) is 32.0 Å². The molecule has 1 saturated heterocycles. The van der Waals surface area contributed by atoms with Gasteiger partial charge in [0.2, 0.25) is 0 Å². The molecule has 1 N–H and O–H groups in total. The first-order valence-corrected chi connectivity index (χ1v) is 8.22. The van der Waals surface area contributed by atoms with Gasteiger partial charge in [0.1, 0.15) is 5.75 Å².